The Morgan fingerprint density at radius 1 is 1.73 bits per heavy atom. The highest BCUT2D eigenvalue weighted by atomic mass is 16.5. The summed E-state index contributed by atoms with van der Waals surface area (Å²) in [6, 6.07) is -0.356. The van der Waals surface area contributed by atoms with Crippen molar-refractivity contribution < 1.29 is 14.3 Å². The predicted octanol–water partition coefficient (Wildman–Crippen LogP) is -0.274. The first kappa shape index (κ1) is 10.1. The Balaban J connectivity index is 3.74. The van der Waals surface area contributed by atoms with Crippen molar-refractivity contribution in [2.45, 2.75) is 18.9 Å². The van der Waals surface area contributed by atoms with Crippen LogP contribution in [0, 0.1) is 0 Å². The van der Waals surface area contributed by atoms with Gasteiger partial charge in [-0.3, -0.25) is 4.79 Å². The van der Waals surface area contributed by atoms with Crippen LogP contribution in [0.5, 0.6) is 0 Å². The van der Waals surface area contributed by atoms with E-state index in [0.29, 0.717) is 12.8 Å². The summed E-state index contributed by atoms with van der Waals surface area (Å²) in [4.78, 5) is 20.8. The van der Waals surface area contributed by atoms with Crippen LogP contribution in [0.3, 0.4) is 0 Å². The third-order valence-electron chi connectivity index (χ3n) is 1.41. The molecular weight excluding hydrogens is 146 g/mol. The molecule has 0 aliphatic heterocycles. The monoisotopic (exact) mass is 159 g/mol. The van der Waals surface area contributed by atoms with Gasteiger partial charge >= 0.3 is 5.97 Å². The maximum absolute atomic E-state index is 10.8. The molecule has 0 amide bonds. The number of ether oxygens (including phenoxy) is 1. The van der Waals surface area contributed by atoms with E-state index in [0.717, 1.165) is 6.29 Å². The van der Waals surface area contributed by atoms with E-state index in [1.807, 2.05) is 0 Å². The highest BCUT2D eigenvalue weighted by Crippen LogP contribution is 1.96. The molecule has 0 bridgehead atoms. The second kappa shape index (κ2) is 5.85. The third kappa shape index (κ3) is 3.72. The molecule has 0 saturated carbocycles. The van der Waals surface area contributed by atoms with Crippen molar-refractivity contribution in [3.63, 3.8) is 0 Å². The van der Waals surface area contributed by atoms with Crippen molar-refractivity contribution in [3.05, 3.63) is 0 Å². The van der Waals surface area contributed by atoms with Gasteiger partial charge in [0.2, 0.25) is 0 Å². The first-order chi connectivity index (χ1) is 5.26. The number of likely N-dealkylation sites (N-methyl/N-ethyl adjacent to an activating group) is 1. The Morgan fingerprint density at radius 2 is 2.36 bits per heavy atom. The zero-order chi connectivity index (χ0) is 8.69. The van der Waals surface area contributed by atoms with Gasteiger partial charge in [-0.05, 0) is 13.5 Å². The zero-order valence-corrected chi connectivity index (χ0v) is 6.79. The van der Waals surface area contributed by atoms with Gasteiger partial charge in [-0.2, -0.15) is 0 Å². The van der Waals surface area contributed by atoms with Crippen molar-refractivity contribution in [1.82, 2.24) is 5.32 Å². The summed E-state index contributed by atoms with van der Waals surface area (Å²) in [5.74, 6) is -0.325. The van der Waals surface area contributed by atoms with Crippen molar-refractivity contribution >= 4 is 12.3 Å². The molecule has 1 atom stereocenters. The molecule has 0 aromatic rings. The highest BCUT2D eigenvalue weighted by Gasteiger charge is 2.15. The molecule has 0 spiro atoms. The molecule has 11 heavy (non-hydrogen) atoms. The number of esters is 1. The summed E-state index contributed by atoms with van der Waals surface area (Å²) in [5.41, 5.74) is 0. The van der Waals surface area contributed by atoms with Gasteiger partial charge in [0.25, 0.3) is 0 Å². The van der Waals surface area contributed by atoms with Gasteiger partial charge in [0.15, 0.2) is 0 Å². The lowest BCUT2D eigenvalue weighted by molar-refractivity contribution is -0.143. The van der Waals surface area contributed by atoms with Crippen molar-refractivity contribution in [2.24, 2.45) is 0 Å². The van der Waals surface area contributed by atoms with E-state index in [1.165, 1.54) is 7.11 Å². The first-order valence-electron chi connectivity index (χ1n) is 3.45. The van der Waals surface area contributed by atoms with Crippen LogP contribution >= 0.6 is 0 Å². The molecule has 1 unspecified atom stereocenters. The SMILES string of the molecule is CNC(CCC=O)C(=O)OC. The van der Waals surface area contributed by atoms with E-state index in [9.17, 15) is 9.59 Å². The molecule has 0 heterocycles. The van der Waals surface area contributed by atoms with Crippen LogP contribution in [0.1, 0.15) is 12.8 Å². The lowest BCUT2D eigenvalue weighted by Gasteiger charge is -2.10. The molecule has 4 heteroatoms. The van der Waals surface area contributed by atoms with E-state index < -0.39 is 0 Å². The molecule has 0 saturated heterocycles. The number of rotatable bonds is 5. The average molecular weight is 159 g/mol. The molecule has 4 nitrogen and oxygen atoms in total. The molecule has 0 aliphatic rings. The Hall–Kier alpha value is -0.900. The minimum absolute atomic E-state index is 0.325. The smallest absolute Gasteiger partial charge is 0.322 e. The van der Waals surface area contributed by atoms with Crippen LogP contribution in [0.25, 0.3) is 0 Å². The lowest BCUT2D eigenvalue weighted by atomic mass is 10.2. The molecule has 0 aromatic carbocycles. The quantitative estimate of drug-likeness (QED) is 0.443. The lowest BCUT2D eigenvalue weighted by Crippen LogP contribution is -2.34. The Labute approximate surface area is 65.9 Å². The van der Waals surface area contributed by atoms with Crippen molar-refractivity contribution in [1.29, 1.82) is 0 Å². The van der Waals surface area contributed by atoms with Crippen LogP contribution in [0.15, 0.2) is 0 Å². The number of hydrogen-bond donors (Lipinski definition) is 1. The zero-order valence-electron chi connectivity index (χ0n) is 6.79. The number of carbonyl (C=O) groups excluding carboxylic acids is 2. The van der Waals surface area contributed by atoms with Crippen molar-refractivity contribution in [2.75, 3.05) is 14.2 Å². The molecule has 0 rings (SSSR count). The summed E-state index contributed by atoms with van der Waals surface area (Å²) in [6.45, 7) is 0. The molecule has 0 aromatic heterocycles. The van der Waals surface area contributed by atoms with Gasteiger partial charge in [-0.25, -0.2) is 0 Å². The molecule has 1 N–H and O–H groups in total. The summed E-state index contributed by atoms with van der Waals surface area (Å²) in [5, 5.41) is 2.75. The van der Waals surface area contributed by atoms with Crippen LogP contribution in [-0.2, 0) is 14.3 Å². The van der Waals surface area contributed by atoms with E-state index in [-0.39, 0.29) is 12.0 Å². The standard InChI is InChI=1S/C7H13NO3/c1-8-6(4-3-5-9)7(10)11-2/h5-6,8H,3-4H2,1-2H3. The fourth-order valence-electron chi connectivity index (χ4n) is 0.757. The summed E-state index contributed by atoms with van der Waals surface area (Å²) in [7, 11) is 2.99. The fraction of sp³-hybridized carbons (Fsp3) is 0.714. The van der Waals surface area contributed by atoms with Gasteiger partial charge < -0.3 is 14.8 Å². The second-order valence-electron chi connectivity index (χ2n) is 2.11. The molecule has 64 valence electrons. The summed E-state index contributed by atoms with van der Waals surface area (Å²) >= 11 is 0. The van der Waals surface area contributed by atoms with Crippen LogP contribution in [0.2, 0.25) is 0 Å². The molecular formula is C7H13NO3. The molecule has 0 aliphatic carbocycles. The van der Waals surface area contributed by atoms with E-state index in [4.69, 9.17) is 0 Å². The molecule has 0 radical (unpaired) electrons. The molecule has 0 fully saturated rings. The Morgan fingerprint density at radius 3 is 2.73 bits per heavy atom. The van der Waals surface area contributed by atoms with Gasteiger partial charge in [-0.15, -0.1) is 0 Å². The van der Waals surface area contributed by atoms with E-state index in [2.05, 4.69) is 10.1 Å². The Kier molecular flexibility index (Phi) is 5.37. The van der Waals surface area contributed by atoms with Crippen LogP contribution < -0.4 is 5.32 Å². The minimum Gasteiger partial charge on any atom is -0.468 e. The normalized spacial score (nSPS) is 12.2. The number of hydrogen-bond acceptors (Lipinski definition) is 4. The van der Waals surface area contributed by atoms with Crippen molar-refractivity contribution in [3.8, 4) is 0 Å². The topological polar surface area (TPSA) is 55.4 Å². The largest absolute Gasteiger partial charge is 0.468 e. The number of carbonyl (C=O) groups is 2. The average Bonchev–Trinajstić information content (AvgIpc) is 2.05. The first-order valence-corrected chi connectivity index (χ1v) is 3.45. The van der Waals surface area contributed by atoms with E-state index >= 15 is 0 Å². The van der Waals surface area contributed by atoms with Gasteiger partial charge in [0.1, 0.15) is 12.3 Å². The summed E-state index contributed by atoms with van der Waals surface area (Å²) < 4.78 is 4.48. The highest BCUT2D eigenvalue weighted by molar-refractivity contribution is 5.75. The maximum Gasteiger partial charge on any atom is 0.322 e. The number of nitrogens with one attached hydrogen (secondary N) is 1. The predicted molar refractivity (Wildman–Crippen MR) is 40.2 cm³/mol. The number of aldehydes is 1. The fourth-order valence-corrected chi connectivity index (χ4v) is 0.757. The van der Waals surface area contributed by atoms with E-state index in [1.54, 1.807) is 7.05 Å². The van der Waals surface area contributed by atoms with Gasteiger partial charge in [0.05, 0.1) is 7.11 Å². The third-order valence-corrected chi connectivity index (χ3v) is 1.41. The van der Waals surface area contributed by atoms with Gasteiger partial charge in [0, 0.05) is 6.42 Å². The second-order valence-corrected chi connectivity index (χ2v) is 2.11. The minimum atomic E-state index is -0.356. The maximum atomic E-state index is 10.8. The van der Waals surface area contributed by atoms with Gasteiger partial charge in [-0.1, -0.05) is 0 Å². The number of methoxy groups -OCH3 is 1. The Bertz CT molecular complexity index is 136. The van der Waals surface area contributed by atoms with Crippen LogP contribution in [0.4, 0.5) is 0 Å². The van der Waals surface area contributed by atoms with Crippen LogP contribution in [-0.4, -0.2) is 32.5 Å². The summed E-state index contributed by atoms with van der Waals surface area (Å²) in [6.07, 6.45) is 1.65.